The van der Waals surface area contributed by atoms with E-state index in [1.54, 1.807) is 0 Å². The lowest BCUT2D eigenvalue weighted by atomic mass is 9.80. The van der Waals surface area contributed by atoms with E-state index in [0.29, 0.717) is 24.3 Å². The summed E-state index contributed by atoms with van der Waals surface area (Å²) in [6.45, 7) is 0. The van der Waals surface area contributed by atoms with E-state index in [1.807, 2.05) is 12.1 Å². The van der Waals surface area contributed by atoms with Crippen molar-refractivity contribution in [3.8, 4) is 0 Å². The van der Waals surface area contributed by atoms with Gasteiger partial charge in [-0.05, 0) is 62.1 Å². The molecule has 1 aromatic rings. The van der Waals surface area contributed by atoms with E-state index >= 15 is 0 Å². The molecular formula is C18H23NO3. The second kappa shape index (κ2) is 6.51. The molecule has 2 saturated carbocycles. The van der Waals surface area contributed by atoms with Crippen molar-refractivity contribution in [2.75, 3.05) is 0 Å². The van der Waals surface area contributed by atoms with Crippen LogP contribution < -0.4 is 5.32 Å². The number of benzene rings is 1. The first kappa shape index (κ1) is 15.1. The van der Waals surface area contributed by atoms with E-state index in [4.69, 9.17) is 5.11 Å². The predicted molar refractivity (Wildman–Crippen MR) is 83.9 cm³/mol. The van der Waals surface area contributed by atoms with Gasteiger partial charge in [0.15, 0.2) is 0 Å². The number of rotatable bonds is 4. The minimum absolute atomic E-state index is 0.0427. The van der Waals surface area contributed by atoms with Gasteiger partial charge in [-0.2, -0.15) is 0 Å². The van der Waals surface area contributed by atoms with Crippen LogP contribution in [0.15, 0.2) is 24.3 Å². The summed E-state index contributed by atoms with van der Waals surface area (Å²) in [6.07, 6.45) is 6.65. The number of carboxylic acids is 1. The van der Waals surface area contributed by atoms with Gasteiger partial charge in [-0.1, -0.05) is 18.6 Å². The Morgan fingerprint density at radius 2 is 1.59 bits per heavy atom. The number of hydrogen-bond donors (Lipinski definition) is 2. The molecule has 2 fully saturated rings. The monoisotopic (exact) mass is 301 g/mol. The van der Waals surface area contributed by atoms with Crippen LogP contribution in [0.4, 0.5) is 0 Å². The average molecular weight is 301 g/mol. The maximum absolute atomic E-state index is 12.3. The Labute approximate surface area is 130 Å². The lowest BCUT2D eigenvalue weighted by Crippen LogP contribution is -2.38. The van der Waals surface area contributed by atoms with E-state index in [0.717, 1.165) is 12.8 Å². The molecule has 0 saturated heterocycles. The highest BCUT2D eigenvalue weighted by Gasteiger charge is 2.27. The van der Waals surface area contributed by atoms with Crippen molar-refractivity contribution in [3.05, 3.63) is 35.4 Å². The van der Waals surface area contributed by atoms with Crippen molar-refractivity contribution in [2.24, 2.45) is 5.92 Å². The van der Waals surface area contributed by atoms with E-state index < -0.39 is 5.97 Å². The van der Waals surface area contributed by atoms with Crippen LogP contribution in [0, 0.1) is 5.92 Å². The standard InChI is InChI=1S/C18H23NO3/c20-17(19-16-10-8-15(9-11-16)18(21)22)14-6-4-13(5-7-14)12-2-1-3-12/h4-7,12,15-16H,1-3,8-11H2,(H,19,20)(H,21,22). The highest BCUT2D eigenvalue weighted by Crippen LogP contribution is 2.36. The molecule has 2 N–H and O–H groups in total. The van der Waals surface area contributed by atoms with E-state index in [1.165, 1.54) is 24.8 Å². The van der Waals surface area contributed by atoms with Crippen LogP contribution in [0.2, 0.25) is 0 Å². The van der Waals surface area contributed by atoms with Crippen LogP contribution in [-0.2, 0) is 4.79 Å². The Morgan fingerprint density at radius 3 is 2.09 bits per heavy atom. The van der Waals surface area contributed by atoms with Crippen molar-refractivity contribution in [1.82, 2.24) is 5.32 Å². The van der Waals surface area contributed by atoms with E-state index in [-0.39, 0.29) is 17.9 Å². The molecule has 2 aliphatic carbocycles. The third kappa shape index (κ3) is 3.32. The highest BCUT2D eigenvalue weighted by molar-refractivity contribution is 5.94. The number of nitrogens with one attached hydrogen (secondary N) is 1. The highest BCUT2D eigenvalue weighted by atomic mass is 16.4. The molecule has 22 heavy (non-hydrogen) atoms. The van der Waals surface area contributed by atoms with Crippen LogP contribution in [0.25, 0.3) is 0 Å². The molecule has 2 aliphatic rings. The predicted octanol–water partition coefficient (Wildman–Crippen LogP) is 3.33. The second-order valence-electron chi connectivity index (χ2n) is 6.61. The number of carbonyl (C=O) groups excluding carboxylic acids is 1. The fraction of sp³-hybridized carbons (Fsp3) is 0.556. The van der Waals surface area contributed by atoms with Crippen molar-refractivity contribution in [2.45, 2.75) is 56.9 Å². The smallest absolute Gasteiger partial charge is 0.306 e. The van der Waals surface area contributed by atoms with Gasteiger partial charge in [0, 0.05) is 11.6 Å². The lowest BCUT2D eigenvalue weighted by molar-refractivity contribution is -0.142. The first-order valence-corrected chi connectivity index (χ1v) is 8.27. The Kier molecular flexibility index (Phi) is 4.46. The van der Waals surface area contributed by atoms with Gasteiger partial charge in [0.25, 0.3) is 5.91 Å². The fourth-order valence-corrected chi connectivity index (χ4v) is 3.40. The molecule has 0 heterocycles. The largest absolute Gasteiger partial charge is 0.481 e. The summed E-state index contributed by atoms with van der Waals surface area (Å²) < 4.78 is 0. The van der Waals surface area contributed by atoms with E-state index in [2.05, 4.69) is 17.4 Å². The molecular weight excluding hydrogens is 278 g/mol. The number of carboxylic acid groups (broad SMARTS) is 1. The third-order valence-corrected chi connectivity index (χ3v) is 5.16. The average Bonchev–Trinajstić information content (AvgIpc) is 2.46. The topological polar surface area (TPSA) is 66.4 Å². The normalized spacial score (nSPS) is 25.3. The molecule has 0 atom stereocenters. The SMILES string of the molecule is O=C(NC1CCC(C(=O)O)CC1)c1ccc(C2CCC2)cc1. The van der Waals surface area contributed by atoms with Crippen LogP contribution in [0.5, 0.6) is 0 Å². The molecule has 0 unspecified atom stereocenters. The summed E-state index contributed by atoms with van der Waals surface area (Å²) in [6, 6.07) is 8.06. The Hall–Kier alpha value is -1.84. The molecule has 0 radical (unpaired) electrons. The number of carbonyl (C=O) groups is 2. The van der Waals surface area contributed by atoms with Gasteiger partial charge < -0.3 is 10.4 Å². The van der Waals surface area contributed by atoms with Gasteiger partial charge in [0.1, 0.15) is 0 Å². The minimum Gasteiger partial charge on any atom is -0.481 e. The van der Waals surface area contributed by atoms with Gasteiger partial charge in [-0.15, -0.1) is 0 Å². The maximum atomic E-state index is 12.3. The van der Waals surface area contributed by atoms with Gasteiger partial charge in [0.2, 0.25) is 0 Å². The van der Waals surface area contributed by atoms with Crippen LogP contribution in [0.3, 0.4) is 0 Å². The summed E-state index contributed by atoms with van der Waals surface area (Å²) >= 11 is 0. The fourth-order valence-electron chi connectivity index (χ4n) is 3.40. The molecule has 0 spiro atoms. The zero-order chi connectivity index (χ0) is 15.5. The maximum Gasteiger partial charge on any atom is 0.306 e. The van der Waals surface area contributed by atoms with Gasteiger partial charge in [0.05, 0.1) is 5.92 Å². The zero-order valence-electron chi connectivity index (χ0n) is 12.8. The van der Waals surface area contributed by atoms with Gasteiger partial charge in [-0.25, -0.2) is 0 Å². The zero-order valence-corrected chi connectivity index (χ0v) is 12.8. The Bertz CT molecular complexity index is 540. The van der Waals surface area contributed by atoms with Crippen molar-refractivity contribution in [3.63, 3.8) is 0 Å². The summed E-state index contributed by atoms with van der Waals surface area (Å²) in [5, 5.41) is 12.0. The summed E-state index contributed by atoms with van der Waals surface area (Å²) in [5.74, 6) is -0.311. The number of aliphatic carboxylic acids is 1. The Balaban J connectivity index is 1.52. The first-order valence-electron chi connectivity index (χ1n) is 8.27. The first-order chi connectivity index (χ1) is 10.6. The summed E-state index contributed by atoms with van der Waals surface area (Å²) in [4.78, 5) is 23.2. The van der Waals surface area contributed by atoms with Crippen LogP contribution >= 0.6 is 0 Å². The minimum atomic E-state index is -0.712. The lowest BCUT2D eigenvalue weighted by Gasteiger charge is -2.27. The molecule has 4 nitrogen and oxygen atoms in total. The molecule has 1 aromatic carbocycles. The third-order valence-electron chi connectivity index (χ3n) is 5.16. The summed E-state index contributed by atoms with van der Waals surface area (Å²) in [5.41, 5.74) is 2.04. The molecule has 0 bridgehead atoms. The van der Waals surface area contributed by atoms with Crippen molar-refractivity contribution in [1.29, 1.82) is 0 Å². The van der Waals surface area contributed by atoms with Crippen LogP contribution in [0.1, 0.15) is 66.8 Å². The molecule has 0 aromatic heterocycles. The van der Waals surface area contributed by atoms with Gasteiger partial charge in [-0.3, -0.25) is 9.59 Å². The van der Waals surface area contributed by atoms with Crippen molar-refractivity contribution < 1.29 is 14.7 Å². The molecule has 4 heteroatoms. The quantitative estimate of drug-likeness (QED) is 0.896. The Morgan fingerprint density at radius 1 is 0.955 bits per heavy atom. The second-order valence-corrected chi connectivity index (χ2v) is 6.61. The van der Waals surface area contributed by atoms with Gasteiger partial charge >= 0.3 is 5.97 Å². The summed E-state index contributed by atoms with van der Waals surface area (Å²) in [7, 11) is 0. The molecule has 1 amide bonds. The van der Waals surface area contributed by atoms with Crippen molar-refractivity contribution >= 4 is 11.9 Å². The molecule has 0 aliphatic heterocycles. The number of hydrogen-bond acceptors (Lipinski definition) is 2. The number of amides is 1. The molecule has 118 valence electrons. The van der Waals surface area contributed by atoms with Crippen LogP contribution in [-0.4, -0.2) is 23.0 Å². The molecule has 3 rings (SSSR count). The van der Waals surface area contributed by atoms with E-state index in [9.17, 15) is 9.59 Å².